The zero-order valence-electron chi connectivity index (χ0n) is 10.4. The summed E-state index contributed by atoms with van der Waals surface area (Å²) in [7, 11) is 0. The van der Waals surface area contributed by atoms with Crippen LogP contribution in [0.15, 0.2) is 36.7 Å². The van der Waals surface area contributed by atoms with Crippen molar-refractivity contribution >= 4 is 17.6 Å². The zero-order chi connectivity index (χ0) is 13.8. The van der Waals surface area contributed by atoms with Crippen LogP contribution in [-0.4, -0.2) is 21.0 Å². The van der Waals surface area contributed by atoms with Gasteiger partial charge in [-0.3, -0.25) is 14.8 Å². The molecule has 1 heterocycles. The van der Waals surface area contributed by atoms with E-state index < -0.39 is 11.9 Å². The molecule has 0 spiro atoms. The minimum absolute atomic E-state index is 0.300. The lowest BCUT2D eigenvalue weighted by atomic mass is 9.95. The van der Waals surface area contributed by atoms with E-state index in [9.17, 15) is 9.90 Å². The van der Waals surface area contributed by atoms with Crippen LogP contribution in [0.4, 0.5) is 0 Å². The third-order valence-corrected chi connectivity index (χ3v) is 3.30. The fourth-order valence-electron chi connectivity index (χ4n) is 1.95. The van der Waals surface area contributed by atoms with Gasteiger partial charge in [-0.15, -0.1) is 0 Å². The minimum Gasteiger partial charge on any atom is -0.481 e. The first-order chi connectivity index (χ1) is 9.09. The molecule has 0 aliphatic heterocycles. The average molecular weight is 277 g/mol. The Labute approximate surface area is 116 Å². The summed E-state index contributed by atoms with van der Waals surface area (Å²) in [6.07, 6.45) is 3.35. The highest BCUT2D eigenvalue weighted by Gasteiger charge is 2.24. The van der Waals surface area contributed by atoms with Crippen molar-refractivity contribution in [2.24, 2.45) is 0 Å². The number of aryl methyl sites for hydroxylation is 1. The van der Waals surface area contributed by atoms with E-state index in [1.54, 1.807) is 19.2 Å². The first-order valence-electron chi connectivity index (χ1n) is 5.83. The Kier molecular flexibility index (Phi) is 4.12. The highest BCUT2D eigenvalue weighted by Crippen LogP contribution is 2.25. The molecule has 0 aliphatic rings. The van der Waals surface area contributed by atoms with Crippen molar-refractivity contribution in [3.05, 3.63) is 58.6 Å². The van der Waals surface area contributed by atoms with Crippen LogP contribution < -0.4 is 0 Å². The minimum atomic E-state index is -0.927. The normalized spacial score (nSPS) is 12.1. The molecule has 0 saturated carbocycles. The first-order valence-corrected chi connectivity index (χ1v) is 6.21. The van der Waals surface area contributed by atoms with Crippen molar-refractivity contribution in [1.82, 2.24) is 9.97 Å². The molecule has 2 rings (SSSR count). The van der Waals surface area contributed by atoms with Crippen molar-refractivity contribution in [3.63, 3.8) is 0 Å². The van der Waals surface area contributed by atoms with E-state index in [2.05, 4.69) is 9.97 Å². The van der Waals surface area contributed by atoms with Gasteiger partial charge in [-0.05, 0) is 25.0 Å². The van der Waals surface area contributed by atoms with E-state index in [-0.39, 0.29) is 0 Å². The molecule has 1 aromatic heterocycles. The second-order valence-electron chi connectivity index (χ2n) is 4.21. The Morgan fingerprint density at radius 2 is 2.00 bits per heavy atom. The van der Waals surface area contributed by atoms with Crippen molar-refractivity contribution < 1.29 is 9.90 Å². The summed E-state index contributed by atoms with van der Waals surface area (Å²) in [5.74, 6) is -1.67. The van der Waals surface area contributed by atoms with E-state index in [0.29, 0.717) is 22.8 Å². The van der Waals surface area contributed by atoms with Crippen molar-refractivity contribution in [2.45, 2.75) is 19.3 Å². The second-order valence-corrected chi connectivity index (χ2v) is 4.62. The predicted molar refractivity (Wildman–Crippen MR) is 72.3 cm³/mol. The van der Waals surface area contributed by atoms with Crippen LogP contribution in [0.5, 0.6) is 0 Å². The maximum Gasteiger partial charge on any atom is 0.313 e. The van der Waals surface area contributed by atoms with Gasteiger partial charge in [0, 0.05) is 17.4 Å². The van der Waals surface area contributed by atoms with Crippen LogP contribution in [0, 0.1) is 6.92 Å². The zero-order valence-corrected chi connectivity index (χ0v) is 11.1. The number of carboxylic acid groups (broad SMARTS) is 1. The molecule has 0 aliphatic carbocycles. The quantitative estimate of drug-likeness (QED) is 0.933. The summed E-state index contributed by atoms with van der Waals surface area (Å²) in [6, 6.07) is 7.22. The van der Waals surface area contributed by atoms with Crippen molar-refractivity contribution in [2.75, 3.05) is 0 Å². The van der Waals surface area contributed by atoms with Gasteiger partial charge in [0.2, 0.25) is 0 Å². The smallest absolute Gasteiger partial charge is 0.313 e. The number of carboxylic acids is 1. The van der Waals surface area contributed by atoms with Gasteiger partial charge in [-0.25, -0.2) is 0 Å². The molecule has 1 unspecified atom stereocenters. The number of carbonyl (C=O) groups is 1. The topological polar surface area (TPSA) is 63.1 Å². The molecule has 0 radical (unpaired) electrons. The molecule has 0 fully saturated rings. The summed E-state index contributed by atoms with van der Waals surface area (Å²) in [4.78, 5) is 19.7. The molecule has 1 aromatic carbocycles. The Morgan fingerprint density at radius 1 is 1.32 bits per heavy atom. The van der Waals surface area contributed by atoms with Crippen molar-refractivity contribution in [3.8, 4) is 0 Å². The largest absolute Gasteiger partial charge is 0.481 e. The summed E-state index contributed by atoms with van der Waals surface area (Å²) in [6.45, 7) is 1.75. The van der Waals surface area contributed by atoms with E-state index in [4.69, 9.17) is 11.6 Å². The summed E-state index contributed by atoms with van der Waals surface area (Å²) in [5, 5.41) is 9.96. The average Bonchev–Trinajstić information content (AvgIpc) is 2.38. The molecule has 0 amide bonds. The molecule has 0 bridgehead atoms. The van der Waals surface area contributed by atoms with E-state index in [1.165, 1.54) is 6.20 Å². The molecule has 98 valence electrons. The fraction of sp³-hybridized carbons (Fsp3) is 0.214. The number of halogens is 1. The molecule has 2 aromatic rings. The third kappa shape index (κ3) is 3.09. The number of benzene rings is 1. The number of hydrogen-bond donors (Lipinski definition) is 1. The molecular formula is C14H13ClN2O2. The lowest BCUT2D eigenvalue weighted by Gasteiger charge is -2.14. The number of nitrogens with zero attached hydrogens (tertiary/aromatic N) is 2. The van der Waals surface area contributed by atoms with Gasteiger partial charge in [0.15, 0.2) is 0 Å². The second kappa shape index (κ2) is 5.80. The van der Waals surface area contributed by atoms with Gasteiger partial charge in [0.25, 0.3) is 0 Å². The molecule has 19 heavy (non-hydrogen) atoms. The van der Waals surface area contributed by atoms with Gasteiger partial charge >= 0.3 is 5.97 Å². The summed E-state index contributed by atoms with van der Waals surface area (Å²) in [5.41, 5.74) is 1.90. The highest BCUT2D eigenvalue weighted by molar-refractivity contribution is 6.31. The van der Waals surface area contributed by atoms with Gasteiger partial charge in [-0.1, -0.05) is 29.8 Å². The van der Waals surface area contributed by atoms with E-state index in [0.717, 1.165) is 5.56 Å². The summed E-state index contributed by atoms with van der Waals surface area (Å²) < 4.78 is 0. The Bertz CT molecular complexity index is 602. The maximum absolute atomic E-state index is 11.5. The van der Waals surface area contributed by atoms with Crippen LogP contribution in [0.1, 0.15) is 22.9 Å². The monoisotopic (exact) mass is 276 g/mol. The van der Waals surface area contributed by atoms with Crippen LogP contribution in [0.2, 0.25) is 5.02 Å². The highest BCUT2D eigenvalue weighted by atomic mass is 35.5. The van der Waals surface area contributed by atoms with Gasteiger partial charge in [0.05, 0.1) is 11.4 Å². The van der Waals surface area contributed by atoms with Crippen LogP contribution in [-0.2, 0) is 11.2 Å². The first kappa shape index (κ1) is 13.5. The SMILES string of the molecule is Cc1nccnc1C(Cc1ccccc1Cl)C(=O)O. The van der Waals surface area contributed by atoms with Crippen LogP contribution in [0.25, 0.3) is 0 Å². The van der Waals surface area contributed by atoms with Crippen molar-refractivity contribution in [1.29, 1.82) is 0 Å². The molecular weight excluding hydrogens is 264 g/mol. The summed E-state index contributed by atoms with van der Waals surface area (Å²) >= 11 is 6.07. The maximum atomic E-state index is 11.5. The Balaban J connectivity index is 2.35. The molecule has 1 N–H and O–H groups in total. The van der Waals surface area contributed by atoms with Gasteiger partial charge in [0.1, 0.15) is 5.92 Å². The van der Waals surface area contributed by atoms with Crippen LogP contribution in [0.3, 0.4) is 0 Å². The third-order valence-electron chi connectivity index (χ3n) is 2.93. The number of aromatic nitrogens is 2. The lowest BCUT2D eigenvalue weighted by Crippen LogP contribution is -2.17. The lowest BCUT2D eigenvalue weighted by molar-refractivity contribution is -0.138. The van der Waals surface area contributed by atoms with Gasteiger partial charge in [-0.2, -0.15) is 0 Å². The number of hydrogen-bond acceptors (Lipinski definition) is 3. The van der Waals surface area contributed by atoms with E-state index in [1.807, 2.05) is 18.2 Å². The van der Waals surface area contributed by atoms with Gasteiger partial charge < -0.3 is 5.11 Å². The number of rotatable bonds is 4. The predicted octanol–water partition coefficient (Wildman–Crippen LogP) is 2.85. The Hall–Kier alpha value is -1.94. The molecule has 4 nitrogen and oxygen atoms in total. The van der Waals surface area contributed by atoms with E-state index >= 15 is 0 Å². The fourth-order valence-corrected chi connectivity index (χ4v) is 2.16. The molecule has 5 heteroatoms. The number of aliphatic carboxylic acids is 1. The molecule has 0 saturated heterocycles. The van der Waals surface area contributed by atoms with Crippen LogP contribution >= 0.6 is 11.6 Å². The molecule has 1 atom stereocenters. The standard InChI is InChI=1S/C14H13ClN2O2/c1-9-13(17-7-6-16-9)11(14(18)19)8-10-4-2-3-5-12(10)15/h2-7,11H,8H2,1H3,(H,18,19). The Morgan fingerprint density at radius 3 is 2.63 bits per heavy atom.